The molecule has 0 aliphatic carbocycles. The number of furan rings is 2. The fraction of sp³-hybridized carbons (Fsp3) is 0. The maximum absolute atomic E-state index is 6.65. The molecule has 0 N–H and O–H groups in total. The zero-order valence-corrected chi connectivity index (χ0v) is 29.8. The predicted molar refractivity (Wildman–Crippen MR) is 229 cm³/mol. The van der Waals surface area contributed by atoms with E-state index >= 15 is 0 Å². The van der Waals surface area contributed by atoms with Crippen LogP contribution in [-0.4, -0.2) is 0 Å². The Kier molecular flexibility index (Phi) is 7.17. The zero-order chi connectivity index (χ0) is 36.3. The highest BCUT2D eigenvalue weighted by molar-refractivity contribution is 6.20. The normalized spacial score (nSPS) is 11.6. The van der Waals surface area contributed by atoms with Crippen molar-refractivity contribution in [1.82, 2.24) is 0 Å². The first-order valence-corrected chi connectivity index (χ1v) is 18.7. The summed E-state index contributed by atoms with van der Waals surface area (Å²) in [5, 5.41) is 6.69. The first kappa shape index (κ1) is 31.2. The molecule has 2 aromatic heterocycles. The summed E-state index contributed by atoms with van der Waals surface area (Å²) in [6, 6.07) is 71.0. The van der Waals surface area contributed by atoms with Gasteiger partial charge in [-0.15, -0.1) is 0 Å². The van der Waals surface area contributed by atoms with Gasteiger partial charge in [-0.3, -0.25) is 0 Å². The maximum Gasteiger partial charge on any atom is 0.143 e. The van der Waals surface area contributed by atoms with Gasteiger partial charge >= 0.3 is 0 Å². The molecule has 11 aromatic rings. The Morgan fingerprint density at radius 1 is 0.327 bits per heavy atom. The van der Waals surface area contributed by atoms with Crippen LogP contribution < -0.4 is 4.90 Å². The maximum atomic E-state index is 6.65. The van der Waals surface area contributed by atoms with Crippen LogP contribution in [0.5, 0.6) is 0 Å². The largest absolute Gasteiger partial charge is 0.456 e. The molecular formula is C52H33NO2. The van der Waals surface area contributed by atoms with Gasteiger partial charge in [-0.25, -0.2) is 0 Å². The molecule has 0 radical (unpaired) electrons. The fourth-order valence-electron chi connectivity index (χ4n) is 8.27. The van der Waals surface area contributed by atoms with E-state index in [9.17, 15) is 0 Å². The van der Waals surface area contributed by atoms with E-state index in [0.29, 0.717) is 0 Å². The molecule has 0 unspecified atom stereocenters. The number of hydrogen-bond donors (Lipinski definition) is 0. The summed E-state index contributed by atoms with van der Waals surface area (Å²) >= 11 is 0. The molecule has 258 valence electrons. The smallest absolute Gasteiger partial charge is 0.143 e. The molecule has 0 fully saturated rings. The summed E-state index contributed by atoms with van der Waals surface area (Å²) in [5.74, 6) is 0. The van der Waals surface area contributed by atoms with Crippen molar-refractivity contribution in [2.24, 2.45) is 0 Å². The van der Waals surface area contributed by atoms with Gasteiger partial charge in [0.1, 0.15) is 22.3 Å². The lowest BCUT2D eigenvalue weighted by atomic mass is 9.96. The number of benzene rings is 9. The summed E-state index contributed by atoms with van der Waals surface area (Å²) in [7, 11) is 0. The number of anilines is 3. The lowest BCUT2D eigenvalue weighted by molar-refractivity contribution is 0.669. The van der Waals surface area contributed by atoms with Gasteiger partial charge in [-0.1, -0.05) is 140 Å². The number of para-hydroxylation sites is 2. The Hall–Kier alpha value is -7.36. The molecule has 3 nitrogen and oxygen atoms in total. The minimum Gasteiger partial charge on any atom is -0.456 e. The Labute approximate surface area is 317 Å². The van der Waals surface area contributed by atoms with Crippen LogP contribution in [0.25, 0.3) is 88.0 Å². The van der Waals surface area contributed by atoms with Crippen molar-refractivity contribution in [3.05, 3.63) is 200 Å². The van der Waals surface area contributed by atoms with Crippen LogP contribution in [0.3, 0.4) is 0 Å². The van der Waals surface area contributed by atoms with E-state index in [4.69, 9.17) is 8.83 Å². The summed E-state index contributed by atoms with van der Waals surface area (Å²) in [6.45, 7) is 0. The van der Waals surface area contributed by atoms with Crippen molar-refractivity contribution in [2.75, 3.05) is 4.90 Å². The third-order valence-electron chi connectivity index (χ3n) is 10.9. The number of hydrogen-bond acceptors (Lipinski definition) is 3. The minimum atomic E-state index is 0.869. The first-order chi connectivity index (χ1) is 27.3. The SMILES string of the molecule is c1ccc(-c2cccc(-c3ccc(N(c4ccc5oc6ccccc6c5c4)c4ccccc4-c4cccc5oc6c7ccccc7ccc6c45)cc3)c2)cc1. The molecule has 0 amide bonds. The van der Waals surface area contributed by atoms with Gasteiger partial charge in [0.15, 0.2) is 0 Å². The van der Waals surface area contributed by atoms with Crippen LogP contribution >= 0.6 is 0 Å². The van der Waals surface area contributed by atoms with Gasteiger partial charge in [-0.05, 0) is 93.9 Å². The summed E-state index contributed by atoms with van der Waals surface area (Å²) in [6.07, 6.45) is 0. The average molecular weight is 704 g/mol. The lowest BCUT2D eigenvalue weighted by Crippen LogP contribution is -2.11. The Morgan fingerprint density at radius 3 is 1.84 bits per heavy atom. The molecule has 0 aliphatic heterocycles. The van der Waals surface area contributed by atoms with Gasteiger partial charge in [0.25, 0.3) is 0 Å². The second-order valence-corrected chi connectivity index (χ2v) is 14.1. The molecule has 11 rings (SSSR count). The van der Waals surface area contributed by atoms with E-state index in [1.165, 1.54) is 22.1 Å². The summed E-state index contributed by atoms with van der Waals surface area (Å²) < 4.78 is 12.9. The highest BCUT2D eigenvalue weighted by Gasteiger charge is 2.22. The monoisotopic (exact) mass is 703 g/mol. The molecule has 9 aromatic carbocycles. The van der Waals surface area contributed by atoms with Gasteiger partial charge < -0.3 is 13.7 Å². The van der Waals surface area contributed by atoms with Crippen molar-refractivity contribution < 1.29 is 8.83 Å². The highest BCUT2D eigenvalue weighted by atomic mass is 16.3. The van der Waals surface area contributed by atoms with Gasteiger partial charge in [0.2, 0.25) is 0 Å². The Bertz CT molecular complexity index is 3210. The quantitative estimate of drug-likeness (QED) is 0.173. The van der Waals surface area contributed by atoms with Gasteiger partial charge in [0, 0.05) is 43.9 Å². The fourth-order valence-corrected chi connectivity index (χ4v) is 8.27. The van der Waals surface area contributed by atoms with Crippen LogP contribution in [0.2, 0.25) is 0 Å². The number of rotatable bonds is 6. The van der Waals surface area contributed by atoms with Crippen LogP contribution in [0.15, 0.2) is 209 Å². The van der Waals surface area contributed by atoms with Gasteiger partial charge in [0.05, 0.1) is 5.69 Å². The molecular weight excluding hydrogens is 671 g/mol. The van der Waals surface area contributed by atoms with Gasteiger partial charge in [-0.2, -0.15) is 0 Å². The molecule has 0 bridgehead atoms. The van der Waals surface area contributed by atoms with Crippen molar-refractivity contribution in [3.8, 4) is 33.4 Å². The Balaban J connectivity index is 1.10. The lowest BCUT2D eigenvalue weighted by Gasteiger charge is -2.28. The summed E-state index contributed by atoms with van der Waals surface area (Å²) in [4.78, 5) is 2.37. The second-order valence-electron chi connectivity index (χ2n) is 14.1. The van der Waals surface area contributed by atoms with Crippen LogP contribution in [0.1, 0.15) is 0 Å². The average Bonchev–Trinajstić information content (AvgIpc) is 3.83. The van der Waals surface area contributed by atoms with Crippen molar-refractivity contribution >= 4 is 71.7 Å². The zero-order valence-electron chi connectivity index (χ0n) is 29.8. The third-order valence-corrected chi connectivity index (χ3v) is 10.9. The number of nitrogens with zero attached hydrogens (tertiary/aromatic N) is 1. The molecule has 0 atom stereocenters. The van der Waals surface area contributed by atoms with E-state index in [0.717, 1.165) is 83.0 Å². The number of fused-ring (bicyclic) bond motifs is 8. The van der Waals surface area contributed by atoms with E-state index in [-0.39, 0.29) is 0 Å². The molecule has 3 heteroatoms. The van der Waals surface area contributed by atoms with Crippen molar-refractivity contribution in [2.45, 2.75) is 0 Å². The molecule has 0 spiro atoms. The van der Waals surface area contributed by atoms with Crippen LogP contribution in [0.4, 0.5) is 17.1 Å². The molecule has 55 heavy (non-hydrogen) atoms. The van der Waals surface area contributed by atoms with E-state index < -0.39 is 0 Å². The first-order valence-electron chi connectivity index (χ1n) is 18.7. The Morgan fingerprint density at radius 2 is 0.964 bits per heavy atom. The van der Waals surface area contributed by atoms with E-state index in [1.807, 2.05) is 12.1 Å². The van der Waals surface area contributed by atoms with Crippen LogP contribution in [0, 0.1) is 0 Å². The topological polar surface area (TPSA) is 29.5 Å². The molecule has 2 heterocycles. The third kappa shape index (κ3) is 5.20. The predicted octanol–water partition coefficient (Wildman–Crippen LogP) is 15.1. The van der Waals surface area contributed by atoms with E-state index in [1.54, 1.807) is 0 Å². The standard InChI is InChI=1S/C52H33NO2/c1-2-12-34(13-3-1)37-15-10-16-38(32-37)35-24-27-39(28-25-35)53(40-29-31-49-46(33-40)43-19-7-9-22-48(43)54-49)47-21-8-6-18-42(47)44-20-11-23-50-51(44)45-30-26-36-14-4-5-17-41(36)52(45)55-50/h1-33H. The minimum absolute atomic E-state index is 0.869. The molecule has 0 saturated heterocycles. The molecule has 0 saturated carbocycles. The second kappa shape index (κ2) is 12.6. The van der Waals surface area contributed by atoms with Crippen LogP contribution in [-0.2, 0) is 0 Å². The van der Waals surface area contributed by atoms with Crippen molar-refractivity contribution in [3.63, 3.8) is 0 Å². The highest BCUT2D eigenvalue weighted by Crippen LogP contribution is 2.46. The molecule has 0 aliphatic rings. The van der Waals surface area contributed by atoms with Crippen molar-refractivity contribution in [1.29, 1.82) is 0 Å². The van der Waals surface area contributed by atoms with E-state index in [2.05, 4.69) is 193 Å². The summed E-state index contributed by atoms with van der Waals surface area (Å²) in [5.41, 5.74) is 13.7.